The fourth-order valence-corrected chi connectivity index (χ4v) is 3.23. The summed E-state index contributed by atoms with van der Waals surface area (Å²) in [5.41, 5.74) is 0.0326. The van der Waals surface area contributed by atoms with Gasteiger partial charge in [0.05, 0.1) is 6.33 Å². The normalized spacial score (nSPS) is 15.5. The van der Waals surface area contributed by atoms with Gasteiger partial charge in [0.15, 0.2) is 0 Å². The number of amides is 1. The van der Waals surface area contributed by atoms with E-state index in [-0.39, 0.29) is 11.5 Å². The van der Waals surface area contributed by atoms with Crippen molar-refractivity contribution in [2.45, 2.75) is 6.54 Å². The first kappa shape index (κ1) is 16.5. The number of hydrogen-bond donors (Lipinski definition) is 0. The number of nitrogens with zero attached hydrogens (tertiary/aromatic N) is 4. The van der Waals surface area contributed by atoms with Gasteiger partial charge in [-0.05, 0) is 12.1 Å². The molecule has 1 amide bonds. The molecule has 0 aliphatic carbocycles. The van der Waals surface area contributed by atoms with Crippen LogP contribution in [0.15, 0.2) is 58.3 Å². The Labute approximate surface area is 150 Å². The first-order valence-electron chi connectivity index (χ1n) is 8.71. The van der Waals surface area contributed by atoms with E-state index in [0.29, 0.717) is 18.7 Å². The van der Waals surface area contributed by atoms with Gasteiger partial charge in [0.1, 0.15) is 11.1 Å². The predicted octanol–water partition coefficient (Wildman–Crippen LogP) is 1.45. The first-order chi connectivity index (χ1) is 12.7. The molecule has 0 bridgehead atoms. The topological polar surface area (TPSA) is 71.6 Å². The summed E-state index contributed by atoms with van der Waals surface area (Å²) in [7, 11) is 0. The number of benzene rings is 1. The zero-order valence-corrected chi connectivity index (χ0v) is 14.4. The third kappa shape index (κ3) is 3.39. The number of piperazine rings is 1. The molecule has 3 aromatic rings. The van der Waals surface area contributed by atoms with Crippen LogP contribution in [0, 0.1) is 0 Å². The standard InChI is InChI=1S/C19H20N4O3/c24-18(16-13-15-3-1-2-4-17(15)26-19(16)25)23-11-9-21(10-12-23)7-8-22-6-5-20-14-22/h1-6,13-14H,7-12H2. The molecule has 0 atom stereocenters. The van der Waals surface area contributed by atoms with Gasteiger partial charge in [-0.25, -0.2) is 9.78 Å². The number of fused-ring (bicyclic) bond motifs is 1. The minimum absolute atomic E-state index is 0.107. The highest BCUT2D eigenvalue weighted by Gasteiger charge is 2.24. The summed E-state index contributed by atoms with van der Waals surface area (Å²) in [5, 5.41) is 0.759. The second-order valence-corrected chi connectivity index (χ2v) is 6.42. The highest BCUT2D eigenvalue weighted by Crippen LogP contribution is 2.14. The molecule has 2 aromatic heterocycles. The van der Waals surface area contributed by atoms with E-state index in [4.69, 9.17) is 4.42 Å². The second kappa shape index (κ2) is 7.13. The number of carbonyl (C=O) groups excluding carboxylic acids is 1. The Hall–Kier alpha value is -2.93. The number of hydrogen-bond acceptors (Lipinski definition) is 5. The van der Waals surface area contributed by atoms with Crippen LogP contribution in [0.3, 0.4) is 0 Å². The van der Waals surface area contributed by atoms with Crippen molar-refractivity contribution in [2.24, 2.45) is 0 Å². The van der Waals surface area contributed by atoms with E-state index in [9.17, 15) is 9.59 Å². The van der Waals surface area contributed by atoms with Crippen LogP contribution in [0.4, 0.5) is 0 Å². The Morgan fingerprint density at radius 3 is 2.69 bits per heavy atom. The first-order valence-corrected chi connectivity index (χ1v) is 8.71. The maximum absolute atomic E-state index is 12.8. The zero-order valence-electron chi connectivity index (χ0n) is 14.4. The minimum Gasteiger partial charge on any atom is -0.422 e. The van der Waals surface area contributed by atoms with Crippen LogP contribution in [0.25, 0.3) is 11.0 Å². The van der Waals surface area contributed by atoms with E-state index in [1.165, 1.54) is 0 Å². The van der Waals surface area contributed by atoms with Crippen LogP contribution in [0.5, 0.6) is 0 Å². The average molecular weight is 352 g/mol. The molecule has 0 saturated carbocycles. The van der Waals surface area contributed by atoms with Crippen molar-refractivity contribution < 1.29 is 9.21 Å². The largest absolute Gasteiger partial charge is 0.422 e. The average Bonchev–Trinajstić information content (AvgIpc) is 3.19. The SMILES string of the molecule is O=C(c1cc2ccccc2oc1=O)N1CCN(CCn2ccnc2)CC1. The quantitative estimate of drug-likeness (QED) is 0.665. The van der Waals surface area contributed by atoms with E-state index in [0.717, 1.165) is 31.6 Å². The van der Waals surface area contributed by atoms with Gasteiger partial charge >= 0.3 is 5.63 Å². The molecule has 1 aromatic carbocycles. The van der Waals surface area contributed by atoms with Gasteiger partial charge in [-0.2, -0.15) is 0 Å². The van der Waals surface area contributed by atoms with Crippen molar-refractivity contribution in [1.82, 2.24) is 19.4 Å². The summed E-state index contributed by atoms with van der Waals surface area (Å²) in [5.74, 6) is -0.251. The molecule has 134 valence electrons. The molecular formula is C19H20N4O3. The molecule has 1 saturated heterocycles. The molecule has 26 heavy (non-hydrogen) atoms. The maximum Gasteiger partial charge on any atom is 0.349 e. The fourth-order valence-electron chi connectivity index (χ4n) is 3.23. The Bertz CT molecular complexity index is 956. The molecule has 1 fully saturated rings. The number of aromatic nitrogens is 2. The lowest BCUT2D eigenvalue weighted by atomic mass is 10.1. The lowest BCUT2D eigenvalue weighted by Crippen LogP contribution is -2.50. The van der Waals surface area contributed by atoms with Crippen molar-refractivity contribution in [3.8, 4) is 0 Å². The fraction of sp³-hybridized carbons (Fsp3) is 0.316. The Morgan fingerprint density at radius 1 is 1.12 bits per heavy atom. The van der Waals surface area contributed by atoms with Crippen LogP contribution >= 0.6 is 0 Å². The van der Waals surface area contributed by atoms with Crippen molar-refractivity contribution in [1.29, 1.82) is 0 Å². The summed E-state index contributed by atoms with van der Waals surface area (Å²) >= 11 is 0. The van der Waals surface area contributed by atoms with Crippen molar-refractivity contribution in [2.75, 3.05) is 32.7 Å². The Kier molecular flexibility index (Phi) is 4.53. The van der Waals surface area contributed by atoms with Crippen LogP contribution < -0.4 is 5.63 Å². The van der Waals surface area contributed by atoms with Gasteiger partial charge in [-0.3, -0.25) is 9.69 Å². The molecule has 3 heterocycles. The highest BCUT2D eigenvalue weighted by atomic mass is 16.4. The van der Waals surface area contributed by atoms with Gasteiger partial charge in [0, 0.05) is 57.0 Å². The molecule has 1 aliphatic rings. The summed E-state index contributed by atoms with van der Waals surface area (Å²) in [4.78, 5) is 33.0. The van der Waals surface area contributed by atoms with E-state index < -0.39 is 5.63 Å². The summed E-state index contributed by atoms with van der Waals surface area (Å²) in [6, 6.07) is 8.85. The molecule has 0 radical (unpaired) electrons. The minimum atomic E-state index is -0.573. The third-order valence-corrected chi connectivity index (χ3v) is 4.76. The molecule has 0 spiro atoms. The predicted molar refractivity (Wildman–Crippen MR) is 97.1 cm³/mol. The lowest BCUT2D eigenvalue weighted by molar-refractivity contribution is 0.0629. The molecule has 7 nitrogen and oxygen atoms in total. The second-order valence-electron chi connectivity index (χ2n) is 6.42. The van der Waals surface area contributed by atoms with Gasteiger partial charge in [0.25, 0.3) is 5.91 Å². The summed E-state index contributed by atoms with van der Waals surface area (Å²) in [6.07, 6.45) is 5.52. The van der Waals surface area contributed by atoms with E-state index in [1.807, 2.05) is 22.9 Å². The van der Waals surface area contributed by atoms with Crippen molar-refractivity contribution in [3.05, 3.63) is 65.0 Å². The zero-order chi connectivity index (χ0) is 17.9. The smallest absolute Gasteiger partial charge is 0.349 e. The van der Waals surface area contributed by atoms with Crippen molar-refractivity contribution >= 4 is 16.9 Å². The number of para-hydroxylation sites is 1. The Morgan fingerprint density at radius 2 is 1.92 bits per heavy atom. The van der Waals surface area contributed by atoms with E-state index >= 15 is 0 Å². The van der Waals surface area contributed by atoms with Gasteiger partial charge in [-0.1, -0.05) is 18.2 Å². The third-order valence-electron chi connectivity index (χ3n) is 4.76. The van der Waals surface area contributed by atoms with Crippen LogP contribution in [-0.4, -0.2) is 58.0 Å². The molecule has 4 rings (SSSR count). The lowest BCUT2D eigenvalue weighted by Gasteiger charge is -2.34. The van der Waals surface area contributed by atoms with Gasteiger partial charge < -0.3 is 13.9 Å². The molecule has 7 heteroatoms. The van der Waals surface area contributed by atoms with Gasteiger partial charge in [0.2, 0.25) is 0 Å². The van der Waals surface area contributed by atoms with Crippen LogP contribution in [0.1, 0.15) is 10.4 Å². The highest BCUT2D eigenvalue weighted by molar-refractivity contribution is 5.96. The van der Waals surface area contributed by atoms with Crippen LogP contribution in [0.2, 0.25) is 0 Å². The molecule has 0 unspecified atom stereocenters. The molecule has 1 aliphatic heterocycles. The van der Waals surface area contributed by atoms with E-state index in [1.54, 1.807) is 35.6 Å². The monoisotopic (exact) mass is 352 g/mol. The summed E-state index contributed by atoms with van der Waals surface area (Å²) in [6.45, 7) is 4.58. The molecular weight excluding hydrogens is 332 g/mol. The van der Waals surface area contributed by atoms with Gasteiger partial charge in [-0.15, -0.1) is 0 Å². The summed E-state index contributed by atoms with van der Waals surface area (Å²) < 4.78 is 7.32. The Balaban J connectivity index is 1.40. The molecule has 0 N–H and O–H groups in total. The van der Waals surface area contributed by atoms with Crippen molar-refractivity contribution in [3.63, 3.8) is 0 Å². The number of rotatable bonds is 4. The number of imidazole rings is 1. The maximum atomic E-state index is 12.8. The van der Waals surface area contributed by atoms with E-state index in [2.05, 4.69) is 9.88 Å². The van der Waals surface area contributed by atoms with Crippen LogP contribution in [-0.2, 0) is 6.54 Å². The number of carbonyl (C=O) groups is 1.